The zero-order chi connectivity index (χ0) is 26.6. The number of benzene rings is 3. The zero-order valence-corrected chi connectivity index (χ0v) is 23.9. The molecule has 1 unspecified atom stereocenters. The molecule has 1 atom stereocenters. The molecule has 0 bridgehead atoms. The van der Waals surface area contributed by atoms with Crippen LogP contribution in [0.4, 0.5) is 5.69 Å². The molecule has 2 fully saturated rings. The summed E-state index contributed by atoms with van der Waals surface area (Å²) in [5.41, 5.74) is 2.06. The summed E-state index contributed by atoms with van der Waals surface area (Å²) in [6.45, 7) is 6.07. The van der Waals surface area contributed by atoms with E-state index in [1.807, 2.05) is 24.3 Å². The number of piperidine rings is 1. The Hall–Kier alpha value is -2.09. The highest BCUT2D eigenvalue weighted by molar-refractivity contribution is 7.89. The molecule has 0 spiro atoms. The third kappa shape index (κ3) is 6.05. The van der Waals surface area contributed by atoms with Crippen LogP contribution in [0.5, 0.6) is 0 Å². The molecule has 38 heavy (non-hydrogen) atoms. The van der Waals surface area contributed by atoms with Crippen molar-refractivity contribution in [3.63, 3.8) is 0 Å². The first-order valence-electron chi connectivity index (χ1n) is 13.4. The van der Waals surface area contributed by atoms with Crippen molar-refractivity contribution in [1.82, 2.24) is 9.21 Å². The molecule has 8 heteroatoms. The number of nitrogens with zero attached hydrogens (tertiary/aromatic N) is 3. The molecule has 0 N–H and O–H groups in total. The van der Waals surface area contributed by atoms with Crippen LogP contribution >= 0.6 is 23.2 Å². The van der Waals surface area contributed by atoms with Crippen LogP contribution in [0.2, 0.25) is 10.0 Å². The third-order valence-corrected chi connectivity index (χ3v) is 10.7. The van der Waals surface area contributed by atoms with Gasteiger partial charge in [0.05, 0.1) is 14.9 Å². The lowest BCUT2D eigenvalue weighted by Gasteiger charge is -2.43. The highest BCUT2D eigenvalue weighted by Crippen LogP contribution is 2.42. The summed E-state index contributed by atoms with van der Waals surface area (Å²) in [6, 6.07) is 25.2. The highest BCUT2D eigenvalue weighted by atomic mass is 35.5. The fraction of sp³-hybridized carbons (Fsp3) is 0.400. The van der Waals surface area contributed by atoms with Gasteiger partial charge in [0, 0.05) is 50.4 Å². The first-order valence-corrected chi connectivity index (χ1v) is 15.6. The molecule has 5 rings (SSSR count). The topological polar surface area (TPSA) is 43.9 Å². The second-order valence-corrected chi connectivity index (χ2v) is 13.2. The Balaban J connectivity index is 1.30. The molecule has 0 aliphatic carbocycles. The highest BCUT2D eigenvalue weighted by Gasteiger charge is 2.41. The van der Waals surface area contributed by atoms with Crippen LogP contribution in [0.3, 0.4) is 0 Å². The number of rotatable bonds is 8. The number of piperazine rings is 1. The van der Waals surface area contributed by atoms with Gasteiger partial charge in [-0.25, -0.2) is 8.42 Å². The third-order valence-electron chi connectivity index (χ3n) is 8.08. The Morgan fingerprint density at radius 3 is 2.16 bits per heavy atom. The lowest BCUT2D eigenvalue weighted by Crippen LogP contribution is -2.49. The van der Waals surface area contributed by atoms with Crippen molar-refractivity contribution < 1.29 is 8.42 Å². The first kappa shape index (κ1) is 27.5. The van der Waals surface area contributed by atoms with Gasteiger partial charge in [-0.2, -0.15) is 4.31 Å². The normalized spacial score (nSPS) is 21.5. The van der Waals surface area contributed by atoms with Crippen LogP contribution in [-0.2, 0) is 15.4 Å². The molecule has 3 aromatic carbocycles. The van der Waals surface area contributed by atoms with E-state index >= 15 is 0 Å². The van der Waals surface area contributed by atoms with Crippen molar-refractivity contribution in [2.24, 2.45) is 0 Å². The standard InChI is InChI=1S/C30H35Cl2N3O2S/c31-28-14-13-25(23-29(28)32)30(16-8-18-35(24-30)38(36,37)27-11-5-2-6-12-27)15-7-17-33-19-21-34(22-20-33)26-9-3-1-4-10-26/h1-6,9-14,23H,7-8,15-22,24H2. The van der Waals surface area contributed by atoms with Gasteiger partial charge in [-0.3, -0.25) is 4.90 Å². The number of anilines is 1. The van der Waals surface area contributed by atoms with Gasteiger partial charge in [0.1, 0.15) is 0 Å². The molecule has 0 saturated carbocycles. The van der Waals surface area contributed by atoms with Crippen molar-refractivity contribution in [1.29, 1.82) is 0 Å². The van der Waals surface area contributed by atoms with Crippen molar-refractivity contribution in [3.05, 3.63) is 94.5 Å². The minimum atomic E-state index is -3.58. The largest absolute Gasteiger partial charge is 0.369 e. The fourth-order valence-electron chi connectivity index (χ4n) is 5.96. The smallest absolute Gasteiger partial charge is 0.243 e. The summed E-state index contributed by atoms with van der Waals surface area (Å²) in [5, 5.41) is 1.04. The van der Waals surface area contributed by atoms with E-state index in [0.29, 0.717) is 28.0 Å². The molecule has 2 saturated heterocycles. The Morgan fingerprint density at radius 1 is 0.789 bits per heavy atom. The van der Waals surface area contributed by atoms with E-state index in [1.165, 1.54) is 5.69 Å². The quantitative estimate of drug-likeness (QED) is 0.317. The summed E-state index contributed by atoms with van der Waals surface area (Å²) in [5.74, 6) is 0. The summed E-state index contributed by atoms with van der Waals surface area (Å²) in [6.07, 6.45) is 3.62. The molecule has 0 radical (unpaired) electrons. The number of hydrogen-bond acceptors (Lipinski definition) is 4. The molecule has 2 aliphatic rings. The number of sulfonamides is 1. The van der Waals surface area contributed by atoms with Gasteiger partial charge < -0.3 is 4.90 Å². The lowest BCUT2D eigenvalue weighted by atomic mass is 9.71. The Morgan fingerprint density at radius 2 is 1.47 bits per heavy atom. The van der Waals surface area contributed by atoms with E-state index in [2.05, 4.69) is 40.1 Å². The van der Waals surface area contributed by atoms with E-state index in [1.54, 1.807) is 28.6 Å². The maximum Gasteiger partial charge on any atom is 0.243 e. The lowest BCUT2D eigenvalue weighted by molar-refractivity contribution is 0.190. The van der Waals surface area contributed by atoms with Gasteiger partial charge in [0.25, 0.3) is 0 Å². The predicted molar refractivity (Wildman–Crippen MR) is 157 cm³/mol. The van der Waals surface area contributed by atoms with E-state index < -0.39 is 10.0 Å². The average molecular weight is 573 g/mol. The zero-order valence-electron chi connectivity index (χ0n) is 21.6. The molecule has 0 amide bonds. The van der Waals surface area contributed by atoms with E-state index in [9.17, 15) is 8.42 Å². The van der Waals surface area contributed by atoms with Crippen molar-refractivity contribution in [3.8, 4) is 0 Å². The van der Waals surface area contributed by atoms with E-state index in [0.717, 1.165) is 64.0 Å². The number of para-hydroxylation sites is 1. The molecule has 202 valence electrons. The molecule has 2 heterocycles. The van der Waals surface area contributed by atoms with Gasteiger partial charge >= 0.3 is 0 Å². The fourth-order valence-corrected chi connectivity index (χ4v) is 7.84. The Kier molecular flexibility index (Phi) is 8.65. The predicted octanol–water partition coefficient (Wildman–Crippen LogP) is 6.32. The minimum absolute atomic E-state index is 0.305. The van der Waals surface area contributed by atoms with Gasteiger partial charge in [-0.15, -0.1) is 0 Å². The van der Waals surface area contributed by atoms with Crippen LogP contribution in [0.1, 0.15) is 31.2 Å². The van der Waals surface area contributed by atoms with E-state index in [4.69, 9.17) is 23.2 Å². The summed E-state index contributed by atoms with van der Waals surface area (Å²) < 4.78 is 28.8. The van der Waals surface area contributed by atoms with Crippen LogP contribution < -0.4 is 4.90 Å². The molecule has 3 aromatic rings. The van der Waals surface area contributed by atoms with Crippen molar-refractivity contribution in [2.75, 3.05) is 50.7 Å². The van der Waals surface area contributed by atoms with Crippen LogP contribution in [0, 0.1) is 0 Å². The van der Waals surface area contributed by atoms with Crippen LogP contribution in [0.25, 0.3) is 0 Å². The second-order valence-electron chi connectivity index (χ2n) is 10.4. The summed E-state index contributed by atoms with van der Waals surface area (Å²) in [7, 11) is -3.58. The van der Waals surface area contributed by atoms with Gasteiger partial charge in [0.15, 0.2) is 0 Å². The molecule has 0 aromatic heterocycles. The summed E-state index contributed by atoms with van der Waals surface area (Å²) in [4.78, 5) is 5.32. The van der Waals surface area contributed by atoms with Crippen molar-refractivity contribution in [2.45, 2.75) is 36.0 Å². The van der Waals surface area contributed by atoms with Crippen LogP contribution in [-0.4, -0.2) is 63.4 Å². The number of hydrogen-bond donors (Lipinski definition) is 0. The van der Waals surface area contributed by atoms with E-state index in [-0.39, 0.29) is 5.41 Å². The molecule has 2 aliphatic heterocycles. The average Bonchev–Trinajstić information content (AvgIpc) is 2.96. The van der Waals surface area contributed by atoms with Crippen LogP contribution in [0.15, 0.2) is 83.8 Å². The minimum Gasteiger partial charge on any atom is -0.369 e. The van der Waals surface area contributed by atoms with Gasteiger partial charge in [-0.1, -0.05) is 65.7 Å². The Labute approximate surface area is 237 Å². The second kappa shape index (κ2) is 12.0. The number of halogens is 2. The maximum atomic E-state index is 13.6. The molecular formula is C30H35Cl2N3O2S. The summed E-state index contributed by atoms with van der Waals surface area (Å²) >= 11 is 12.7. The molecule has 5 nitrogen and oxygen atoms in total. The SMILES string of the molecule is O=S(=O)(c1ccccc1)N1CCCC(CCCN2CCN(c3ccccc3)CC2)(c2ccc(Cl)c(Cl)c2)C1. The Bertz CT molecular complexity index is 1320. The maximum absolute atomic E-state index is 13.6. The first-order chi connectivity index (χ1) is 18.4. The molecular weight excluding hydrogens is 537 g/mol. The monoisotopic (exact) mass is 571 g/mol. The van der Waals surface area contributed by atoms with Gasteiger partial charge in [-0.05, 0) is 74.2 Å². The van der Waals surface area contributed by atoms with Crippen molar-refractivity contribution >= 4 is 38.9 Å². The van der Waals surface area contributed by atoms with Gasteiger partial charge in [0.2, 0.25) is 10.0 Å².